The van der Waals surface area contributed by atoms with E-state index in [1.54, 1.807) is 49.4 Å². The van der Waals surface area contributed by atoms with E-state index in [1.807, 2.05) is 0 Å². The van der Waals surface area contributed by atoms with Gasteiger partial charge < -0.3 is 18.9 Å². The number of benzene rings is 3. The lowest BCUT2D eigenvalue weighted by Gasteiger charge is -2.30. The Morgan fingerprint density at radius 1 is 0.900 bits per heavy atom. The van der Waals surface area contributed by atoms with Crippen LogP contribution in [0.4, 0.5) is 17.1 Å². The average Bonchev–Trinajstić information content (AvgIpc) is 3.48. The van der Waals surface area contributed by atoms with Crippen LogP contribution in [-0.4, -0.2) is 50.8 Å². The Morgan fingerprint density at radius 3 is 2.33 bits per heavy atom. The quantitative estimate of drug-likeness (QED) is 0.219. The maximum absolute atomic E-state index is 14.1. The smallest absolute Gasteiger partial charge is 0.271 e. The standard InChI is InChI=1S/C28H27N3O9/c1-5-39-20-12-7-6-11-19(20)29-27(32)22-23(18-13-14-21(36-2)25(38-4)24(18)37-3)30(40-26(22)28(29)33)16-9-8-10-17(15-16)31(34)35/h6-15,22-23,26H,5H2,1-4H3/t22-,23-,26-/m0/s1. The summed E-state index contributed by atoms with van der Waals surface area (Å²) in [6.45, 7) is 2.14. The maximum Gasteiger partial charge on any atom is 0.271 e. The fraction of sp³-hybridized carbons (Fsp3) is 0.286. The van der Waals surface area contributed by atoms with E-state index in [0.717, 1.165) is 4.90 Å². The van der Waals surface area contributed by atoms with Crippen molar-refractivity contribution >= 4 is 28.9 Å². The molecule has 0 saturated carbocycles. The van der Waals surface area contributed by atoms with Crippen LogP contribution in [0.25, 0.3) is 0 Å². The van der Waals surface area contributed by atoms with Gasteiger partial charge in [-0.1, -0.05) is 18.2 Å². The Kier molecular flexibility index (Phi) is 7.18. The highest BCUT2D eigenvalue weighted by Gasteiger charge is 2.61. The highest BCUT2D eigenvalue weighted by Crippen LogP contribution is 2.53. The molecule has 0 aromatic heterocycles. The van der Waals surface area contributed by atoms with Crippen LogP contribution in [0.1, 0.15) is 18.5 Å². The van der Waals surface area contributed by atoms with Crippen molar-refractivity contribution < 1.29 is 38.3 Å². The SMILES string of the molecule is CCOc1ccccc1N1C(=O)[C@@H]2[C@H](ON(c3cccc([N+](=O)[O-])c3)[C@H]2c2ccc(OC)c(OC)c2OC)C1=O. The largest absolute Gasteiger partial charge is 0.493 e. The number of carbonyl (C=O) groups excluding carboxylic acids is 2. The number of amides is 2. The summed E-state index contributed by atoms with van der Waals surface area (Å²) in [5.74, 6) is -0.825. The molecule has 208 valence electrons. The number of anilines is 2. The van der Waals surface area contributed by atoms with E-state index in [4.69, 9.17) is 23.8 Å². The second kappa shape index (κ2) is 10.7. The van der Waals surface area contributed by atoms with E-state index in [-0.39, 0.29) is 22.9 Å². The molecule has 2 saturated heterocycles. The average molecular weight is 550 g/mol. The lowest BCUT2D eigenvalue weighted by molar-refractivity contribution is -0.384. The zero-order valence-corrected chi connectivity index (χ0v) is 22.2. The minimum atomic E-state index is -1.22. The van der Waals surface area contributed by atoms with Crippen molar-refractivity contribution in [1.29, 1.82) is 0 Å². The number of hydrogen-bond donors (Lipinski definition) is 0. The molecular weight excluding hydrogens is 522 g/mol. The monoisotopic (exact) mass is 549 g/mol. The van der Waals surface area contributed by atoms with Crippen molar-refractivity contribution in [2.75, 3.05) is 37.9 Å². The Labute approximate surface area is 229 Å². The first-order valence-electron chi connectivity index (χ1n) is 12.4. The van der Waals surface area contributed by atoms with Gasteiger partial charge in [-0.25, -0.2) is 9.96 Å². The summed E-state index contributed by atoms with van der Waals surface area (Å²) in [6.07, 6.45) is -1.22. The zero-order chi connectivity index (χ0) is 28.6. The van der Waals surface area contributed by atoms with E-state index >= 15 is 0 Å². The minimum Gasteiger partial charge on any atom is -0.493 e. The lowest BCUT2D eigenvalue weighted by Crippen LogP contribution is -2.37. The molecule has 3 aromatic carbocycles. The first-order valence-corrected chi connectivity index (χ1v) is 12.4. The Bertz CT molecular complexity index is 1480. The second-order valence-corrected chi connectivity index (χ2v) is 8.94. The van der Waals surface area contributed by atoms with Gasteiger partial charge in [-0.3, -0.25) is 24.5 Å². The van der Waals surface area contributed by atoms with Crippen LogP contribution in [0.5, 0.6) is 23.0 Å². The van der Waals surface area contributed by atoms with Crippen LogP contribution in [0.2, 0.25) is 0 Å². The van der Waals surface area contributed by atoms with Gasteiger partial charge in [-0.15, -0.1) is 0 Å². The minimum absolute atomic E-state index is 0.180. The van der Waals surface area contributed by atoms with Gasteiger partial charge in [0.15, 0.2) is 17.6 Å². The number of hydrogen-bond acceptors (Lipinski definition) is 10. The summed E-state index contributed by atoms with van der Waals surface area (Å²) in [6, 6.07) is 14.9. The first-order chi connectivity index (χ1) is 19.4. The van der Waals surface area contributed by atoms with Gasteiger partial charge in [-0.05, 0) is 37.3 Å². The summed E-state index contributed by atoms with van der Waals surface area (Å²) < 4.78 is 22.4. The number of methoxy groups -OCH3 is 3. The number of hydroxylamine groups is 1. The Balaban J connectivity index is 1.68. The predicted octanol–water partition coefficient (Wildman–Crippen LogP) is 4.07. The van der Waals surface area contributed by atoms with Gasteiger partial charge in [0.1, 0.15) is 17.7 Å². The number of ether oxygens (including phenoxy) is 4. The van der Waals surface area contributed by atoms with Crippen molar-refractivity contribution in [2.24, 2.45) is 5.92 Å². The number of imide groups is 1. The van der Waals surface area contributed by atoms with E-state index < -0.39 is 34.8 Å². The molecule has 5 rings (SSSR count). The van der Waals surface area contributed by atoms with Crippen LogP contribution in [0, 0.1) is 16.0 Å². The fourth-order valence-electron chi connectivity index (χ4n) is 5.21. The number of carbonyl (C=O) groups is 2. The van der Waals surface area contributed by atoms with Gasteiger partial charge in [0, 0.05) is 17.7 Å². The fourth-order valence-corrected chi connectivity index (χ4v) is 5.21. The molecule has 2 fully saturated rings. The maximum atomic E-state index is 14.1. The van der Waals surface area contributed by atoms with Crippen molar-refractivity contribution in [3.63, 3.8) is 0 Å². The summed E-state index contributed by atoms with van der Waals surface area (Å²) >= 11 is 0. The van der Waals surface area contributed by atoms with E-state index in [2.05, 4.69) is 0 Å². The molecule has 40 heavy (non-hydrogen) atoms. The van der Waals surface area contributed by atoms with Crippen LogP contribution >= 0.6 is 0 Å². The molecule has 0 aliphatic carbocycles. The van der Waals surface area contributed by atoms with Gasteiger partial charge in [0.2, 0.25) is 11.7 Å². The Hall–Kier alpha value is -4.84. The van der Waals surface area contributed by atoms with Crippen molar-refractivity contribution in [1.82, 2.24) is 0 Å². The molecule has 0 N–H and O–H groups in total. The second-order valence-electron chi connectivity index (χ2n) is 8.94. The predicted molar refractivity (Wildman–Crippen MR) is 143 cm³/mol. The third-order valence-electron chi connectivity index (χ3n) is 6.87. The van der Waals surface area contributed by atoms with E-state index in [9.17, 15) is 19.7 Å². The van der Waals surface area contributed by atoms with Gasteiger partial charge >= 0.3 is 0 Å². The zero-order valence-electron chi connectivity index (χ0n) is 22.2. The molecule has 0 unspecified atom stereocenters. The molecule has 2 aliphatic rings. The molecule has 3 aromatic rings. The van der Waals surface area contributed by atoms with Gasteiger partial charge in [0.25, 0.3) is 11.6 Å². The Morgan fingerprint density at radius 2 is 1.65 bits per heavy atom. The number of nitrogens with zero attached hydrogens (tertiary/aromatic N) is 3. The number of nitro benzene ring substituents is 1. The van der Waals surface area contributed by atoms with Gasteiger partial charge in [0.05, 0.1) is 44.2 Å². The number of fused-ring (bicyclic) bond motifs is 1. The van der Waals surface area contributed by atoms with Crippen LogP contribution in [-0.2, 0) is 14.4 Å². The third-order valence-corrected chi connectivity index (χ3v) is 6.87. The molecular formula is C28H27N3O9. The summed E-state index contributed by atoms with van der Waals surface area (Å²) in [5.41, 5.74) is 0.867. The van der Waals surface area contributed by atoms with Crippen molar-refractivity contribution in [3.05, 3.63) is 76.3 Å². The molecule has 12 nitrogen and oxygen atoms in total. The normalized spacial score (nSPS) is 19.9. The lowest BCUT2D eigenvalue weighted by atomic mass is 9.89. The summed E-state index contributed by atoms with van der Waals surface area (Å²) in [5, 5.41) is 12.9. The number of rotatable bonds is 9. The number of nitro groups is 1. The number of para-hydroxylation sites is 2. The van der Waals surface area contributed by atoms with Gasteiger partial charge in [-0.2, -0.15) is 0 Å². The molecule has 0 bridgehead atoms. The van der Waals surface area contributed by atoms with E-state index in [1.165, 1.54) is 44.6 Å². The topological polar surface area (TPSA) is 130 Å². The van der Waals surface area contributed by atoms with Crippen molar-refractivity contribution in [2.45, 2.75) is 19.1 Å². The molecule has 2 aliphatic heterocycles. The molecule has 2 amide bonds. The highest BCUT2D eigenvalue weighted by atomic mass is 16.7. The highest BCUT2D eigenvalue weighted by molar-refractivity contribution is 6.24. The van der Waals surface area contributed by atoms with E-state index in [0.29, 0.717) is 29.4 Å². The first kappa shape index (κ1) is 26.8. The van der Waals surface area contributed by atoms with Crippen molar-refractivity contribution in [3.8, 4) is 23.0 Å². The van der Waals surface area contributed by atoms with Crippen LogP contribution in [0.3, 0.4) is 0 Å². The van der Waals surface area contributed by atoms with Crippen LogP contribution < -0.4 is 28.9 Å². The molecule has 12 heteroatoms. The molecule has 0 radical (unpaired) electrons. The molecule has 2 heterocycles. The molecule has 3 atom stereocenters. The third kappa shape index (κ3) is 4.22. The summed E-state index contributed by atoms with van der Waals surface area (Å²) in [4.78, 5) is 46.1. The summed E-state index contributed by atoms with van der Waals surface area (Å²) in [7, 11) is 4.37. The van der Waals surface area contributed by atoms with Crippen LogP contribution in [0.15, 0.2) is 60.7 Å². The molecule has 0 spiro atoms. The number of non-ortho nitro benzene ring substituents is 1.